The van der Waals surface area contributed by atoms with Crippen LogP contribution in [0.4, 0.5) is 11.4 Å². The zero-order chi connectivity index (χ0) is 22.0. The lowest BCUT2D eigenvalue weighted by molar-refractivity contribution is -0.384. The molecule has 0 radical (unpaired) electrons. The topological polar surface area (TPSA) is 105 Å². The van der Waals surface area contributed by atoms with Gasteiger partial charge in [-0.15, -0.1) is 0 Å². The minimum atomic E-state index is -0.663. The predicted molar refractivity (Wildman–Crippen MR) is 115 cm³/mol. The third-order valence-electron chi connectivity index (χ3n) is 4.69. The van der Waals surface area contributed by atoms with Gasteiger partial charge in [0.1, 0.15) is 11.7 Å². The van der Waals surface area contributed by atoms with Crippen molar-refractivity contribution in [3.8, 4) is 0 Å². The molecule has 162 valence electrons. The molecule has 0 aliphatic heterocycles. The highest BCUT2D eigenvalue weighted by Crippen LogP contribution is 2.26. The molecular weight excluding hydrogens is 372 g/mol. The fourth-order valence-corrected chi connectivity index (χ4v) is 3.06. The molecular formula is C21H34N4O4. The monoisotopic (exact) mass is 406 g/mol. The van der Waals surface area contributed by atoms with Crippen molar-refractivity contribution in [2.24, 2.45) is 5.92 Å². The summed E-state index contributed by atoms with van der Waals surface area (Å²) >= 11 is 0. The predicted octanol–water partition coefficient (Wildman–Crippen LogP) is 3.82. The van der Waals surface area contributed by atoms with E-state index in [4.69, 9.17) is 0 Å². The number of rotatable bonds is 12. The van der Waals surface area contributed by atoms with E-state index in [0.717, 1.165) is 12.8 Å². The molecule has 8 nitrogen and oxygen atoms in total. The van der Waals surface area contributed by atoms with Crippen molar-refractivity contribution in [3.63, 3.8) is 0 Å². The van der Waals surface area contributed by atoms with Crippen molar-refractivity contribution in [2.75, 3.05) is 25.0 Å². The van der Waals surface area contributed by atoms with Crippen molar-refractivity contribution in [1.82, 2.24) is 10.2 Å². The lowest BCUT2D eigenvalue weighted by Crippen LogP contribution is -2.49. The second-order valence-electron chi connectivity index (χ2n) is 7.44. The first-order chi connectivity index (χ1) is 13.7. The van der Waals surface area contributed by atoms with Gasteiger partial charge in [-0.25, -0.2) is 0 Å². The van der Waals surface area contributed by atoms with Crippen LogP contribution in [0.3, 0.4) is 0 Å². The van der Waals surface area contributed by atoms with Gasteiger partial charge in [0.25, 0.3) is 11.6 Å². The van der Waals surface area contributed by atoms with Gasteiger partial charge >= 0.3 is 0 Å². The Morgan fingerprint density at radius 3 is 2.34 bits per heavy atom. The Kier molecular flexibility index (Phi) is 10.1. The first-order valence-corrected chi connectivity index (χ1v) is 10.4. The van der Waals surface area contributed by atoms with Crippen molar-refractivity contribution >= 4 is 23.2 Å². The van der Waals surface area contributed by atoms with Crippen LogP contribution in [-0.4, -0.2) is 47.3 Å². The third-order valence-corrected chi connectivity index (χ3v) is 4.69. The fourth-order valence-electron chi connectivity index (χ4n) is 3.06. The molecule has 1 aromatic rings. The number of amides is 2. The molecule has 2 N–H and O–H groups in total. The number of hydrogen-bond acceptors (Lipinski definition) is 5. The molecule has 0 aromatic heterocycles. The van der Waals surface area contributed by atoms with Crippen LogP contribution in [0, 0.1) is 16.0 Å². The number of nitrogens with zero attached hydrogens (tertiary/aromatic N) is 2. The van der Waals surface area contributed by atoms with E-state index in [1.54, 1.807) is 17.0 Å². The minimum Gasteiger partial charge on any atom is -0.379 e. The van der Waals surface area contributed by atoms with Gasteiger partial charge in [-0.3, -0.25) is 19.7 Å². The number of nitrogens with one attached hydrogen (secondary N) is 2. The van der Waals surface area contributed by atoms with Crippen molar-refractivity contribution in [2.45, 2.75) is 59.9 Å². The van der Waals surface area contributed by atoms with Gasteiger partial charge in [-0.2, -0.15) is 0 Å². The quantitative estimate of drug-likeness (QED) is 0.312. The molecule has 0 unspecified atom stereocenters. The SMILES string of the molecule is CCCCNc1ccc(C(=O)N[C@H](CC(C)C)C(=O)N(CC)CC)cc1[N+](=O)[O-]. The van der Waals surface area contributed by atoms with E-state index >= 15 is 0 Å². The maximum atomic E-state index is 12.8. The lowest BCUT2D eigenvalue weighted by Gasteiger charge is -2.27. The van der Waals surface area contributed by atoms with E-state index in [2.05, 4.69) is 10.6 Å². The van der Waals surface area contributed by atoms with Gasteiger partial charge < -0.3 is 15.5 Å². The number of hydrogen-bond donors (Lipinski definition) is 2. The highest BCUT2D eigenvalue weighted by molar-refractivity contribution is 5.98. The normalized spacial score (nSPS) is 11.8. The first kappa shape index (κ1) is 24.4. The number of carbonyl (C=O) groups excluding carboxylic acids is 2. The highest BCUT2D eigenvalue weighted by atomic mass is 16.6. The summed E-state index contributed by atoms with van der Waals surface area (Å²) < 4.78 is 0. The van der Waals surface area contributed by atoms with Crippen LogP contribution in [0.5, 0.6) is 0 Å². The number of nitro benzene ring substituents is 1. The number of anilines is 1. The van der Waals surface area contributed by atoms with Crippen LogP contribution < -0.4 is 10.6 Å². The summed E-state index contributed by atoms with van der Waals surface area (Å²) in [5, 5.41) is 17.3. The Morgan fingerprint density at radius 2 is 1.83 bits per heavy atom. The molecule has 1 atom stereocenters. The Hall–Kier alpha value is -2.64. The van der Waals surface area contributed by atoms with Crippen molar-refractivity contribution in [3.05, 3.63) is 33.9 Å². The summed E-state index contributed by atoms with van der Waals surface area (Å²) in [6.45, 7) is 11.5. The van der Waals surface area contributed by atoms with Crippen LogP contribution in [0.1, 0.15) is 64.2 Å². The number of carbonyl (C=O) groups is 2. The molecule has 2 amide bonds. The average molecular weight is 407 g/mol. The molecule has 0 fully saturated rings. The van der Waals surface area contributed by atoms with E-state index in [1.807, 2.05) is 34.6 Å². The Morgan fingerprint density at radius 1 is 1.17 bits per heavy atom. The summed E-state index contributed by atoms with van der Waals surface area (Å²) in [6, 6.07) is 3.69. The van der Waals surface area contributed by atoms with E-state index < -0.39 is 16.9 Å². The first-order valence-electron chi connectivity index (χ1n) is 10.4. The molecule has 8 heteroatoms. The van der Waals surface area contributed by atoms with Gasteiger partial charge in [0.15, 0.2) is 0 Å². The van der Waals surface area contributed by atoms with Gasteiger partial charge in [0.2, 0.25) is 5.91 Å². The van der Waals surface area contributed by atoms with Crippen LogP contribution in [0.15, 0.2) is 18.2 Å². The van der Waals surface area contributed by atoms with Gasteiger partial charge in [0, 0.05) is 31.3 Å². The summed E-state index contributed by atoms with van der Waals surface area (Å²) in [6.07, 6.45) is 2.36. The lowest BCUT2D eigenvalue weighted by atomic mass is 10.0. The molecule has 0 saturated heterocycles. The second kappa shape index (κ2) is 12.0. The van der Waals surface area contributed by atoms with E-state index in [0.29, 0.717) is 31.7 Å². The Bertz CT molecular complexity index is 702. The van der Waals surface area contributed by atoms with E-state index in [9.17, 15) is 19.7 Å². The summed E-state index contributed by atoms with van der Waals surface area (Å²) in [4.78, 5) is 38.2. The van der Waals surface area contributed by atoms with Crippen LogP contribution in [0.2, 0.25) is 0 Å². The van der Waals surface area contributed by atoms with E-state index in [-0.39, 0.29) is 23.1 Å². The fraction of sp³-hybridized carbons (Fsp3) is 0.619. The summed E-state index contributed by atoms with van der Waals surface area (Å²) in [5.41, 5.74) is 0.404. The number of benzene rings is 1. The van der Waals surface area contributed by atoms with Gasteiger partial charge in [-0.05, 0) is 44.7 Å². The van der Waals surface area contributed by atoms with Crippen molar-refractivity contribution in [1.29, 1.82) is 0 Å². The largest absolute Gasteiger partial charge is 0.379 e. The molecule has 0 bridgehead atoms. The summed E-state index contributed by atoms with van der Waals surface area (Å²) in [5.74, 6) is -0.414. The summed E-state index contributed by atoms with van der Waals surface area (Å²) in [7, 11) is 0. The second-order valence-corrected chi connectivity index (χ2v) is 7.44. The molecule has 0 aliphatic rings. The number of nitro groups is 1. The Labute approximate surface area is 173 Å². The van der Waals surface area contributed by atoms with Crippen LogP contribution in [-0.2, 0) is 4.79 Å². The zero-order valence-corrected chi connectivity index (χ0v) is 18.2. The van der Waals surface area contributed by atoms with E-state index in [1.165, 1.54) is 6.07 Å². The molecule has 1 rings (SSSR count). The molecule has 0 heterocycles. The zero-order valence-electron chi connectivity index (χ0n) is 18.2. The van der Waals surface area contributed by atoms with Crippen LogP contribution in [0.25, 0.3) is 0 Å². The number of unbranched alkanes of at least 4 members (excludes halogenated alkanes) is 1. The molecule has 0 saturated carbocycles. The Balaban J connectivity index is 3.05. The molecule has 1 aromatic carbocycles. The standard InChI is InChI=1S/C21H34N4O4/c1-6-9-12-22-17-11-10-16(14-19(17)25(28)29)20(26)23-18(13-15(4)5)21(27)24(7-2)8-3/h10-11,14-15,18,22H,6-9,12-13H2,1-5H3,(H,23,26)/t18-/m1/s1. The number of likely N-dealkylation sites (N-methyl/N-ethyl adjacent to an activating group) is 1. The smallest absolute Gasteiger partial charge is 0.293 e. The maximum absolute atomic E-state index is 12.8. The van der Waals surface area contributed by atoms with Crippen LogP contribution >= 0.6 is 0 Å². The minimum absolute atomic E-state index is 0.135. The molecule has 0 aliphatic carbocycles. The van der Waals surface area contributed by atoms with Crippen molar-refractivity contribution < 1.29 is 14.5 Å². The molecule has 29 heavy (non-hydrogen) atoms. The van der Waals surface area contributed by atoms with Gasteiger partial charge in [-0.1, -0.05) is 27.2 Å². The highest BCUT2D eigenvalue weighted by Gasteiger charge is 2.26. The van der Waals surface area contributed by atoms with Gasteiger partial charge in [0.05, 0.1) is 4.92 Å². The third kappa shape index (κ3) is 7.36. The molecule has 0 spiro atoms. The average Bonchev–Trinajstić information content (AvgIpc) is 2.68. The maximum Gasteiger partial charge on any atom is 0.293 e.